The predicted octanol–water partition coefficient (Wildman–Crippen LogP) is 5.95. The molecule has 144 valence electrons. The topological polar surface area (TPSA) is 101 Å². The van der Waals surface area contributed by atoms with Crippen LogP contribution < -0.4 is 0 Å². The zero-order chi connectivity index (χ0) is 20.8. The molecular weight excluding hydrogens is 410 g/mol. The average Bonchev–Trinajstić information content (AvgIpc) is 3.35. The van der Waals surface area contributed by atoms with Crippen molar-refractivity contribution in [2.75, 3.05) is 12.9 Å². The van der Waals surface area contributed by atoms with Gasteiger partial charge in [-0.3, -0.25) is 4.98 Å². The largest absolute Gasteiger partial charge is 0.465 e. The number of thioether (sulfide) groups is 1. The number of carbonyl (C=O) groups is 1. The van der Waals surface area contributed by atoms with Crippen molar-refractivity contribution in [3.05, 3.63) is 52.7 Å². The number of H-pyrrole nitrogens is 1. The zero-order valence-corrected chi connectivity index (χ0v) is 17.0. The summed E-state index contributed by atoms with van der Waals surface area (Å²) < 4.78 is 5.61. The SMILES string of the molecule is [C-]#[N+]c1[nH]c(N=Nc2nnc(SCC)s2)c(-c2ccccc2C(=O)OC)c1[N+]#[C-]. The number of benzene rings is 1. The quantitative estimate of drug-likeness (QED) is 0.228. The first-order valence-electron chi connectivity index (χ1n) is 8.19. The Morgan fingerprint density at radius 2 is 2.07 bits per heavy atom. The molecule has 1 N–H and O–H groups in total. The fourth-order valence-corrected chi connectivity index (χ4v) is 4.05. The molecular formula is C18H13N7O2S2. The van der Waals surface area contributed by atoms with Crippen molar-refractivity contribution in [1.82, 2.24) is 15.2 Å². The summed E-state index contributed by atoms with van der Waals surface area (Å²) in [4.78, 5) is 21.8. The summed E-state index contributed by atoms with van der Waals surface area (Å²) in [7, 11) is 1.28. The lowest BCUT2D eigenvalue weighted by Crippen LogP contribution is -2.03. The molecule has 0 fully saturated rings. The summed E-state index contributed by atoms with van der Waals surface area (Å²) in [5.41, 5.74) is 1.04. The van der Waals surface area contributed by atoms with Crippen LogP contribution in [0.1, 0.15) is 17.3 Å². The molecule has 0 aliphatic carbocycles. The number of carbonyl (C=O) groups excluding carboxylic acids is 1. The number of nitrogens with one attached hydrogen (secondary N) is 1. The molecule has 0 spiro atoms. The Morgan fingerprint density at radius 3 is 2.76 bits per heavy atom. The van der Waals surface area contributed by atoms with Crippen LogP contribution in [0.25, 0.3) is 20.8 Å². The van der Waals surface area contributed by atoms with Gasteiger partial charge in [-0.05, 0) is 17.4 Å². The van der Waals surface area contributed by atoms with Crippen molar-refractivity contribution in [1.29, 1.82) is 0 Å². The molecule has 1 aromatic carbocycles. The van der Waals surface area contributed by atoms with Gasteiger partial charge in [-0.1, -0.05) is 54.8 Å². The van der Waals surface area contributed by atoms with Crippen LogP contribution in [0.5, 0.6) is 0 Å². The monoisotopic (exact) mass is 423 g/mol. The van der Waals surface area contributed by atoms with E-state index in [4.69, 9.17) is 17.9 Å². The third kappa shape index (κ3) is 4.16. The number of esters is 1. The van der Waals surface area contributed by atoms with Gasteiger partial charge in [0.2, 0.25) is 17.3 Å². The van der Waals surface area contributed by atoms with E-state index >= 15 is 0 Å². The number of hydrogen-bond acceptors (Lipinski definition) is 8. The van der Waals surface area contributed by atoms with Crippen LogP contribution >= 0.6 is 23.1 Å². The van der Waals surface area contributed by atoms with Crippen molar-refractivity contribution in [3.63, 3.8) is 0 Å². The van der Waals surface area contributed by atoms with Crippen LogP contribution in [-0.2, 0) is 4.74 Å². The predicted molar refractivity (Wildman–Crippen MR) is 111 cm³/mol. The summed E-state index contributed by atoms with van der Waals surface area (Å²) in [5.74, 6) is 0.497. The van der Waals surface area contributed by atoms with Crippen molar-refractivity contribution in [2.45, 2.75) is 11.3 Å². The minimum absolute atomic E-state index is 0.0168. The molecule has 0 atom stereocenters. The molecule has 3 aromatic rings. The Hall–Kier alpha value is -3.54. The molecule has 0 saturated heterocycles. The molecule has 0 saturated carbocycles. The van der Waals surface area contributed by atoms with E-state index in [1.165, 1.54) is 18.4 Å². The lowest BCUT2D eigenvalue weighted by Gasteiger charge is -2.07. The summed E-state index contributed by atoms with van der Waals surface area (Å²) in [6.07, 6.45) is 0. The Balaban J connectivity index is 2.14. The molecule has 9 nitrogen and oxygen atoms in total. The molecule has 0 unspecified atom stereocenters. The van der Waals surface area contributed by atoms with Crippen molar-refractivity contribution in [3.8, 4) is 11.1 Å². The normalized spacial score (nSPS) is 10.6. The summed E-state index contributed by atoms with van der Waals surface area (Å²) >= 11 is 2.83. The third-order valence-electron chi connectivity index (χ3n) is 3.66. The molecule has 2 aromatic heterocycles. The first kappa shape index (κ1) is 20.2. The van der Waals surface area contributed by atoms with Gasteiger partial charge in [-0.15, -0.1) is 20.4 Å². The Morgan fingerprint density at radius 1 is 1.28 bits per heavy atom. The van der Waals surface area contributed by atoms with Gasteiger partial charge in [0, 0.05) is 5.56 Å². The lowest BCUT2D eigenvalue weighted by atomic mass is 10.00. The van der Waals surface area contributed by atoms with Crippen molar-refractivity contribution in [2.24, 2.45) is 10.2 Å². The average molecular weight is 423 g/mol. The number of ether oxygens (including phenoxy) is 1. The minimum atomic E-state index is -0.560. The fraction of sp³-hybridized carbons (Fsp3) is 0.167. The number of hydrogen-bond donors (Lipinski definition) is 1. The van der Waals surface area contributed by atoms with Crippen LogP contribution in [0, 0.1) is 13.1 Å². The van der Waals surface area contributed by atoms with E-state index < -0.39 is 5.97 Å². The smallest absolute Gasteiger partial charge is 0.338 e. The zero-order valence-electron chi connectivity index (χ0n) is 15.3. The van der Waals surface area contributed by atoms with Gasteiger partial charge < -0.3 is 9.58 Å². The van der Waals surface area contributed by atoms with Crippen LogP contribution in [0.2, 0.25) is 0 Å². The Bertz CT molecular complexity index is 1170. The van der Waals surface area contributed by atoms with Gasteiger partial charge in [0.05, 0.1) is 19.2 Å². The van der Waals surface area contributed by atoms with E-state index in [1.807, 2.05) is 6.92 Å². The maximum atomic E-state index is 12.2. The molecule has 0 amide bonds. The second kappa shape index (κ2) is 9.10. The Kier molecular flexibility index (Phi) is 6.34. The molecule has 2 heterocycles. The number of methoxy groups -OCH3 is 1. The molecule has 29 heavy (non-hydrogen) atoms. The highest BCUT2D eigenvalue weighted by molar-refractivity contribution is 8.01. The molecule has 0 aliphatic rings. The van der Waals surface area contributed by atoms with Crippen LogP contribution in [-0.4, -0.2) is 34.0 Å². The van der Waals surface area contributed by atoms with Crippen molar-refractivity contribution < 1.29 is 9.53 Å². The van der Waals surface area contributed by atoms with E-state index in [9.17, 15) is 4.79 Å². The van der Waals surface area contributed by atoms with Gasteiger partial charge >= 0.3 is 5.97 Å². The van der Waals surface area contributed by atoms with E-state index in [0.717, 1.165) is 10.1 Å². The Labute approximate surface area is 174 Å². The summed E-state index contributed by atoms with van der Waals surface area (Å²) in [6.45, 7) is 16.9. The number of nitrogens with zero attached hydrogens (tertiary/aromatic N) is 6. The lowest BCUT2D eigenvalue weighted by molar-refractivity contribution is 0.0601. The number of aromatic amines is 1. The fourth-order valence-electron chi connectivity index (χ4n) is 2.49. The second-order valence-corrected chi connectivity index (χ2v) is 7.76. The van der Waals surface area contributed by atoms with Gasteiger partial charge in [0.1, 0.15) is 0 Å². The van der Waals surface area contributed by atoms with Gasteiger partial charge in [0.25, 0.3) is 5.13 Å². The van der Waals surface area contributed by atoms with Gasteiger partial charge in [0.15, 0.2) is 4.34 Å². The third-order valence-corrected chi connectivity index (χ3v) is 5.48. The van der Waals surface area contributed by atoms with Crippen LogP contribution in [0.15, 0.2) is 38.8 Å². The highest BCUT2D eigenvalue weighted by atomic mass is 32.2. The van der Waals surface area contributed by atoms with E-state index in [0.29, 0.717) is 16.3 Å². The van der Waals surface area contributed by atoms with E-state index in [1.54, 1.807) is 36.0 Å². The van der Waals surface area contributed by atoms with Crippen LogP contribution in [0.3, 0.4) is 0 Å². The maximum Gasteiger partial charge on any atom is 0.338 e. The maximum absolute atomic E-state index is 12.2. The molecule has 0 bridgehead atoms. The van der Waals surface area contributed by atoms with E-state index in [-0.39, 0.29) is 22.9 Å². The van der Waals surface area contributed by atoms with Gasteiger partial charge in [-0.25, -0.2) is 9.64 Å². The summed E-state index contributed by atoms with van der Waals surface area (Å²) in [5, 5.41) is 16.6. The highest BCUT2D eigenvalue weighted by Gasteiger charge is 2.25. The first-order chi connectivity index (χ1) is 14.1. The number of aromatic nitrogens is 3. The number of azo groups is 1. The second-order valence-electron chi connectivity index (χ2n) is 5.29. The summed E-state index contributed by atoms with van der Waals surface area (Å²) in [6, 6.07) is 6.65. The van der Waals surface area contributed by atoms with Crippen LogP contribution in [0.4, 0.5) is 22.5 Å². The molecule has 0 radical (unpaired) electrons. The molecule has 0 aliphatic heterocycles. The highest BCUT2D eigenvalue weighted by Crippen LogP contribution is 2.47. The standard InChI is InChI=1S/C18H13N7O2S2/c1-5-28-18-25-24-17(29-18)23-22-14-12(13(19-2)15(20-3)21-14)10-8-6-7-9-11(10)16(26)27-4/h6-9,21H,5H2,1,4H3. The van der Waals surface area contributed by atoms with Crippen molar-refractivity contribution >= 4 is 51.5 Å². The minimum Gasteiger partial charge on any atom is -0.465 e. The van der Waals surface area contributed by atoms with E-state index in [2.05, 4.69) is 35.1 Å². The molecule has 3 rings (SSSR count). The molecule has 11 heteroatoms. The van der Waals surface area contributed by atoms with Gasteiger partial charge in [-0.2, -0.15) is 0 Å². The number of rotatable bonds is 6. The first-order valence-corrected chi connectivity index (χ1v) is 9.99.